The summed E-state index contributed by atoms with van der Waals surface area (Å²) in [6, 6.07) is 3.99. The number of aliphatic hydroxyl groups excluding tert-OH is 1. The molecule has 2 amide bonds. The Morgan fingerprint density at radius 1 is 1.52 bits per heavy atom. The number of aliphatic hydroxyl groups is 1. The highest BCUT2D eigenvalue weighted by Crippen LogP contribution is 2.25. The number of nitrogens with one attached hydrogen (secondary N) is 2. The van der Waals surface area contributed by atoms with Gasteiger partial charge in [-0.05, 0) is 23.1 Å². The van der Waals surface area contributed by atoms with Gasteiger partial charge >= 0.3 is 12.3 Å². The Hall–Kier alpha value is -2.27. The predicted molar refractivity (Wildman–Crippen MR) is 92.8 cm³/mol. The second-order valence-corrected chi connectivity index (χ2v) is 5.99. The van der Waals surface area contributed by atoms with E-state index < -0.39 is 18.1 Å². The summed E-state index contributed by atoms with van der Waals surface area (Å²) in [7, 11) is 0. The normalized spacial score (nSPS) is 18.9. The van der Waals surface area contributed by atoms with Crippen LogP contribution in [0.3, 0.4) is 0 Å². The van der Waals surface area contributed by atoms with Gasteiger partial charge in [0.1, 0.15) is 5.82 Å². The van der Waals surface area contributed by atoms with Gasteiger partial charge in [0.05, 0.1) is 25.1 Å². The number of hydrogen-bond acceptors (Lipinski definition) is 6. The SMILES string of the molecule is O=C(NOCCO)N1C=CC2=CN=C[N+]2C1Nc1ccc(Br)cc1F. The van der Waals surface area contributed by atoms with Crippen LogP contribution in [-0.2, 0) is 4.84 Å². The molecule has 0 aliphatic carbocycles. The van der Waals surface area contributed by atoms with E-state index >= 15 is 0 Å². The number of carbonyl (C=O) groups is 1. The Kier molecular flexibility index (Phi) is 5.43. The average molecular weight is 412 g/mol. The number of anilines is 1. The maximum Gasteiger partial charge on any atom is 0.351 e. The van der Waals surface area contributed by atoms with E-state index in [1.165, 1.54) is 23.5 Å². The van der Waals surface area contributed by atoms with Crippen molar-refractivity contribution in [3.8, 4) is 0 Å². The number of rotatable bonds is 5. The molecular weight excluding hydrogens is 397 g/mol. The van der Waals surface area contributed by atoms with E-state index in [0.717, 1.165) is 5.70 Å². The third kappa shape index (κ3) is 3.87. The van der Waals surface area contributed by atoms with Crippen LogP contribution in [-0.4, -0.2) is 41.9 Å². The molecule has 0 spiro atoms. The van der Waals surface area contributed by atoms with Gasteiger partial charge in [0.2, 0.25) is 12.0 Å². The lowest BCUT2D eigenvalue weighted by molar-refractivity contribution is 0.0260. The number of aliphatic imine (C=N–C) groups is 1. The van der Waals surface area contributed by atoms with E-state index in [-0.39, 0.29) is 18.9 Å². The highest BCUT2D eigenvalue weighted by atomic mass is 79.9. The van der Waals surface area contributed by atoms with Gasteiger partial charge in [0, 0.05) is 16.7 Å². The first-order valence-electron chi connectivity index (χ1n) is 7.32. The molecule has 8 nitrogen and oxygen atoms in total. The number of halogens is 2. The molecule has 10 heteroatoms. The molecule has 0 saturated carbocycles. The van der Waals surface area contributed by atoms with Crippen LogP contribution < -0.4 is 15.7 Å². The van der Waals surface area contributed by atoms with E-state index in [1.54, 1.807) is 29.3 Å². The van der Waals surface area contributed by atoms with E-state index in [4.69, 9.17) is 9.94 Å². The zero-order chi connectivity index (χ0) is 17.8. The van der Waals surface area contributed by atoms with E-state index in [1.807, 2.05) is 0 Å². The first-order chi connectivity index (χ1) is 12.1. The Balaban J connectivity index is 1.83. The number of allylic oxidation sites excluding steroid dienone is 1. The molecule has 2 aliphatic rings. The molecule has 1 aromatic rings. The molecule has 0 saturated heterocycles. The lowest BCUT2D eigenvalue weighted by Gasteiger charge is -2.30. The maximum atomic E-state index is 14.2. The maximum absolute atomic E-state index is 14.2. The van der Waals surface area contributed by atoms with Crippen molar-refractivity contribution in [2.75, 3.05) is 18.5 Å². The molecule has 2 heterocycles. The Labute approximate surface area is 151 Å². The molecule has 1 aromatic carbocycles. The van der Waals surface area contributed by atoms with Crippen molar-refractivity contribution >= 4 is 34.0 Å². The van der Waals surface area contributed by atoms with Gasteiger partial charge in [-0.25, -0.2) is 24.6 Å². The molecule has 131 valence electrons. The van der Waals surface area contributed by atoms with E-state index in [2.05, 4.69) is 31.7 Å². The Morgan fingerprint density at radius 3 is 3.12 bits per heavy atom. The minimum absolute atomic E-state index is 0.0426. The number of benzene rings is 1. The highest BCUT2D eigenvalue weighted by Gasteiger charge is 2.43. The summed E-state index contributed by atoms with van der Waals surface area (Å²) in [4.78, 5) is 24.2. The summed E-state index contributed by atoms with van der Waals surface area (Å²) in [5.41, 5.74) is 3.18. The topological polar surface area (TPSA) is 92.1 Å². The fourth-order valence-electron chi connectivity index (χ4n) is 2.30. The molecule has 25 heavy (non-hydrogen) atoms. The number of urea groups is 1. The van der Waals surface area contributed by atoms with Crippen molar-refractivity contribution in [3.05, 3.63) is 52.7 Å². The van der Waals surface area contributed by atoms with Crippen molar-refractivity contribution in [1.82, 2.24) is 15.3 Å². The number of nitrogens with zero attached hydrogens (tertiary/aromatic N) is 3. The first kappa shape index (κ1) is 17.5. The molecule has 0 aromatic heterocycles. The van der Waals surface area contributed by atoms with Crippen molar-refractivity contribution in [2.45, 2.75) is 6.29 Å². The van der Waals surface area contributed by atoms with Crippen molar-refractivity contribution in [3.63, 3.8) is 0 Å². The number of hydrogen-bond donors (Lipinski definition) is 3. The zero-order valence-electron chi connectivity index (χ0n) is 12.9. The molecule has 3 N–H and O–H groups in total. The van der Waals surface area contributed by atoms with Gasteiger partial charge in [-0.15, -0.1) is 0 Å². The minimum atomic E-state index is -0.754. The molecule has 1 atom stereocenters. The van der Waals surface area contributed by atoms with Gasteiger partial charge < -0.3 is 10.4 Å². The summed E-state index contributed by atoms with van der Waals surface area (Å²) in [6.07, 6.45) is 5.62. The van der Waals surface area contributed by atoms with Crippen LogP contribution in [0.1, 0.15) is 0 Å². The molecular formula is C15H15BrFN5O3+. The number of carbonyl (C=O) groups excluding carboxylic acids is 1. The second-order valence-electron chi connectivity index (χ2n) is 5.07. The van der Waals surface area contributed by atoms with Crippen LogP contribution in [0.15, 0.2) is 51.8 Å². The smallest absolute Gasteiger partial charge is 0.351 e. The summed E-state index contributed by atoms with van der Waals surface area (Å²) in [5, 5.41) is 11.7. The minimum Gasteiger partial charge on any atom is -0.394 e. The van der Waals surface area contributed by atoms with Crippen molar-refractivity contribution in [2.24, 2.45) is 4.99 Å². The van der Waals surface area contributed by atoms with Crippen molar-refractivity contribution < 1.29 is 19.1 Å². The molecule has 1 radical (unpaired) electrons. The number of amides is 2. The largest absolute Gasteiger partial charge is 0.394 e. The third-order valence-corrected chi connectivity index (χ3v) is 3.93. The first-order valence-corrected chi connectivity index (χ1v) is 8.12. The summed E-state index contributed by atoms with van der Waals surface area (Å²) in [6.45, 7) is -0.271. The van der Waals surface area contributed by atoms with E-state index in [0.29, 0.717) is 4.47 Å². The monoisotopic (exact) mass is 411 g/mol. The summed E-state index contributed by atoms with van der Waals surface area (Å²) in [5.74, 6) is -0.470. The molecule has 1 unspecified atom stereocenters. The van der Waals surface area contributed by atoms with Crippen molar-refractivity contribution in [1.29, 1.82) is 0 Å². The van der Waals surface area contributed by atoms with Crippen LogP contribution in [0.25, 0.3) is 0 Å². The average Bonchev–Trinajstić information content (AvgIpc) is 3.06. The van der Waals surface area contributed by atoms with Crippen LogP contribution >= 0.6 is 15.9 Å². The Morgan fingerprint density at radius 2 is 2.36 bits per heavy atom. The molecule has 0 bridgehead atoms. The Bertz CT molecular complexity index is 755. The zero-order valence-corrected chi connectivity index (χ0v) is 14.5. The van der Waals surface area contributed by atoms with Crippen LogP contribution in [0.2, 0.25) is 0 Å². The van der Waals surface area contributed by atoms with Gasteiger partial charge in [-0.3, -0.25) is 4.84 Å². The van der Waals surface area contributed by atoms with Gasteiger partial charge in [-0.2, -0.15) is 0 Å². The summed E-state index contributed by atoms with van der Waals surface area (Å²) >= 11 is 3.21. The molecule has 0 fully saturated rings. The second kappa shape index (κ2) is 7.74. The van der Waals surface area contributed by atoms with E-state index in [9.17, 15) is 9.18 Å². The lowest BCUT2D eigenvalue weighted by atomic mass is 10.3. The van der Waals surface area contributed by atoms with Gasteiger partial charge in [-0.1, -0.05) is 15.9 Å². The van der Waals surface area contributed by atoms with Gasteiger partial charge in [0.25, 0.3) is 0 Å². The highest BCUT2D eigenvalue weighted by molar-refractivity contribution is 9.10. The molecule has 3 rings (SSSR count). The molecule has 2 aliphatic heterocycles. The van der Waals surface area contributed by atoms with Crippen LogP contribution in [0.5, 0.6) is 0 Å². The number of hydroxylamine groups is 1. The summed E-state index contributed by atoms with van der Waals surface area (Å²) < 4.78 is 14.8. The fourth-order valence-corrected chi connectivity index (χ4v) is 2.63. The fraction of sp³-hybridized carbons (Fsp3) is 0.200. The van der Waals surface area contributed by atoms with Gasteiger partial charge in [0.15, 0.2) is 0 Å². The quantitative estimate of drug-likeness (QED) is 0.391. The predicted octanol–water partition coefficient (Wildman–Crippen LogP) is 1.77. The number of fused-ring (bicyclic) bond motifs is 1. The lowest BCUT2D eigenvalue weighted by Crippen LogP contribution is -2.58. The van der Waals surface area contributed by atoms with Crippen LogP contribution in [0, 0.1) is 5.82 Å². The third-order valence-electron chi connectivity index (χ3n) is 3.43. The standard InChI is InChI=1S/C15H15BrFN5O3/c16-10-1-2-13(12(17)7-10)19-14-21(15(24)20-25-6-5-23)4-3-11-8-18-9-22(11)14/h1-4,7-9,14,19,23H,5-6H2,(H,20,24)/q+1. The van der Waals surface area contributed by atoms with Crippen LogP contribution in [0.4, 0.5) is 14.9 Å².